The Bertz CT molecular complexity index is 698. The summed E-state index contributed by atoms with van der Waals surface area (Å²) >= 11 is 1.82. The van der Waals surface area contributed by atoms with Crippen LogP contribution in [0.4, 0.5) is 0 Å². The van der Waals surface area contributed by atoms with Crippen molar-refractivity contribution in [3.05, 3.63) is 28.8 Å². The minimum Gasteiger partial charge on any atom is -0.241 e. The van der Waals surface area contributed by atoms with E-state index in [4.69, 9.17) is 10.2 Å². The van der Waals surface area contributed by atoms with Crippen LogP contribution in [0.1, 0.15) is 56.0 Å². The smallest absolute Gasteiger partial charge is 0.1000 e. The summed E-state index contributed by atoms with van der Waals surface area (Å²) in [5, 5.41) is 10.3. The lowest BCUT2D eigenvalue weighted by Crippen LogP contribution is -2.42. The zero-order valence-electron chi connectivity index (χ0n) is 11.8. The minimum atomic E-state index is 0.342. The predicted octanol–water partition coefficient (Wildman–Crippen LogP) is 4.78. The SMILES string of the molecule is CC12CCC(c3nc4ccc(C#N)cc4s3)(CC1)CC2. The van der Waals surface area contributed by atoms with Gasteiger partial charge in [-0.05, 0) is 62.1 Å². The van der Waals surface area contributed by atoms with E-state index in [-0.39, 0.29) is 0 Å². The van der Waals surface area contributed by atoms with Gasteiger partial charge in [-0.1, -0.05) is 6.92 Å². The quantitative estimate of drug-likeness (QED) is 0.754. The fourth-order valence-corrected chi connectivity index (χ4v) is 5.19. The molecule has 3 aliphatic carbocycles. The molecule has 1 heterocycles. The number of hydrogen-bond acceptors (Lipinski definition) is 3. The molecule has 1 aromatic heterocycles. The van der Waals surface area contributed by atoms with Crippen LogP contribution in [-0.4, -0.2) is 4.98 Å². The second-order valence-electron chi connectivity index (χ2n) is 6.90. The van der Waals surface area contributed by atoms with Gasteiger partial charge in [-0.15, -0.1) is 11.3 Å². The molecule has 3 saturated carbocycles. The summed E-state index contributed by atoms with van der Waals surface area (Å²) in [6.45, 7) is 2.45. The van der Waals surface area contributed by atoms with Crippen LogP contribution in [-0.2, 0) is 5.41 Å². The van der Waals surface area contributed by atoms with Crippen LogP contribution < -0.4 is 0 Å². The molecule has 3 aliphatic rings. The fourth-order valence-electron chi connectivity index (χ4n) is 3.91. The molecule has 3 heteroatoms. The van der Waals surface area contributed by atoms with Crippen LogP contribution in [0.25, 0.3) is 10.2 Å². The maximum Gasteiger partial charge on any atom is 0.1000 e. The van der Waals surface area contributed by atoms with Gasteiger partial charge in [-0.25, -0.2) is 4.98 Å². The third-order valence-electron chi connectivity index (χ3n) is 5.59. The molecular formula is C17H18N2S. The molecule has 0 saturated heterocycles. The molecule has 1 aromatic carbocycles. The van der Waals surface area contributed by atoms with E-state index in [9.17, 15) is 0 Å². The van der Waals surface area contributed by atoms with Gasteiger partial charge in [-0.2, -0.15) is 5.26 Å². The normalized spacial score (nSPS) is 32.4. The highest BCUT2D eigenvalue weighted by molar-refractivity contribution is 7.18. The van der Waals surface area contributed by atoms with Gasteiger partial charge in [0.15, 0.2) is 0 Å². The lowest BCUT2D eigenvalue weighted by molar-refractivity contribution is 0.0556. The molecular weight excluding hydrogens is 264 g/mol. The molecule has 0 spiro atoms. The number of benzene rings is 1. The van der Waals surface area contributed by atoms with Crippen molar-refractivity contribution in [1.29, 1.82) is 5.26 Å². The summed E-state index contributed by atoms with van der Waals surface area (Å²) in [5.41, 5.74) is 2.75. The number of nitrogens with zero attached hydrogens (tertiary/aromatic N) is 2. The van der Waals surface area contributed by atoms with Crippen molar-refractivity contribution in [2.24, 2.45) is 5.41 Å². The Morgan fingerprint density at radius 1 is 1.15 bits per heavy atom. The first-order valence-corrected chi connectivity index (χ1v) is 8.25. The molecule has 2 bridgehead atoms. The van der Waals surface area contributed by atoms with Crippen LogP contribution in [0.15, 0.2) is 18.2 Å². The maximum absolute atomic E-state index is 9.02. The number of aromatic nitrogens is 1. The monoisotopic (exact) mass is 282 g/mol. The second kappa shape index (κ2) is 4.05. The number of fused-ring (bicyclic) bond motifs is 4. The summed E-state index contributed by atoms with van der Waals surface area (Å²) < 4.78 is 1.17. The van der Waals surface area contributed by atoms with E-state index in [1.54, 1.807) is 0 Å². The number of nitriles is 1. The molecule has 0 N–H and O–H groups in total. The van der Waals surface area contributed by atoms with Crippen LogP contribution in [0, 0.1) is 16.7 Å². The number of thiazole rings is 1. The van der Waals surface area contributed by atoms with E-state index < -0.39 is 0 Å². The number of hydrogen-bond donors (Lipinski definition) is 0. The molecule has 0 unspecified atom stereocenters. The van der Waals surface area contributed by atoms with E-state index >= 15 is 0 Å². The summed E-state index contributed by atoms with van der Waals surface area (Å²) in [6.07, 6.45) is 7.96. The average molecular weight is 282 g/mol. The highest BCUT2D eigenvalue weighted by Crippen LogP contribution is 2.58. The van der Waals surface area contributed by atoms with E-state index in [1.807, 2.05) is 29.5 Å². The first-order valence-electron chi connectivity index (χ1n) is 7.44. The van der Waals surface area contributed by atoms with Gasteiger partial charge in [-0.3, -0.25) is 0 Å². The summed E-state index contributed by atoms with van der Waals surface area (Å²) in [5.74, 6) is 0. The maximum atomic E-state index is 9.02. The van der Waals surface area contributed by atoms with Crippen molar-refractivity contribution < 1.29 is 0 Å². The minimum absolute atomic E-state index is 0.342. The van der Waals surface area contributed by atoms with E-state index in [0.29, 0.717) is 10.8 Å². The third-order valence-corrected chi connectivity index (χ3v) is 6.86. The van der Waals surface area contributed by atoms with Crippen molar-refractivity contribution >= 4 is 21.6 Å². The van der Waals surface area contributed by atoms with Gasteiger partial charge in [0.05, 0.1) is 26.9 Å². The van der Waals surface area contributed by atoms with Crippen LogP contribution in [0.5, 0.6) is 0 Å². The van der Waals surface area contributed by atoms with Crippen molar-refractivity contribution in [2.75, 3.05) is 0 Å². The van der Waals surface area contributed by atoms with Crippen LogP contribution in [0.2, 0.25) is 0 Å². The third kappa shape index (κ3) is 1.71. The Morgan fingerprint density at radius 3 is 2.50 bits per heavy atom. The molecule has 0 atom stereocenters. The zero-order valence-corrected chi connectivity index (χ0v) is 12.6. The molecule has 3 fully saturated rings. The fraction of sp³-hybridized carbons (Fsp3) is 0.529. The van der Waals surface area contributed by atoms with E-state index in [2.05, 4.69) is 13.0 Å². The Kier molecular flexibility index (Phi) is 2.50. The van der Waals surface area contributed by atoms with Gasteiger partial charge in [0.25, 0.3) is 0 Å². The lowest BCUT2D eigenvalue weighted by Gasteiger charge is -2.51. The first kappa shape index (κ1) is 12.3. The highest BCUT2D eigenvalue weighted by atomic mass is 32.1. The van der Waals surface area contributed by atoms with Gasteiger partial charge < -0.3 is 0 Å². The molecule has 2 aromatic rings. The van der Waals surface area contributed by atoms with E-state index in [1.165, 1.54) is 48.2 Å². The summed E-state index contributed by atoms with van der Waals surface area (Å²) in [7, 11) is 0. The zero-order chi connectivity index (χ0) is 13.8. The Labute approximate surface area is 123 Å². The van der Waals surface area contributed by atoms with Crippen molar-refractivity contribution in [1.82, 2.24) is 4.98 Å². The van der Waals surface area contributed by atoms with Crippen molar-refractivity contribution in [3.8, 4) is 6.07 Å². The average Bonchev–Trinajstić information content (AvgIpc) is 2.92. The molecule has 0 amide bonds. The lowest BCUT2D eigenvalue weighted by atomic mass is 9.55. The summed E-state index contributed by atoms with van der Waals surface area (Å²) in [4.78, 5) is 4.91. The molecule has 0 aliphatic heterocycles. The van der Waals surface area contributed by atoms with Gasteiger partial charge in [0.2, 0.25) is 0 Å². The van der Waals surface area contributed by atoms with Crippen LogP contribution in [0.3, 0.4) is 0 Å². The molecule has 102 valence electrons. The van der Waals surface area contributed by atoms with E-state index in [0.717, 1.165) is 11.1 Å². The molecule has 0 radical (unpaired) electrons. The largest absolute Gasteiger partial charge is 0.241 e. The molecule has 2 nitrogen and oxygen atoms in total. The molecule has 5 rings (SSSR count). The standard InChI is InChI=1S/C17H18N2S/c1-16-4-7-17(8-5-16,9-6-16)15-19-13-3-2-12(11-18)10-14(13)20-15/h2-3,10H,4-9H2,1H3. The second-order valence-corrected chi connectivity index (χ2v) is 7.93. The Balaban J connectivity index is 1.77. The number of rotatable bonds is 1. The predicted molar refractivity (Wildman–Crippen MR) is 81.8 cm³/mol. The Morgan fingerprint density at radius 2 is 1.85 bits per heavy atom. The first-order chi connectivity index (χ1) is 9.62. The summed E-state index contributed by atoms with van der Waals surface area (Å²) in [6, 6.07) is 8.09. The van der Waals surface area contributed by atoms with Crippen LogP contribution >= 0.6 is 11.3 Å². The van der Waals surface area contributed by atoms with Gasteiger partial charge in [0.1, 0.15) is 0 Å². The molecule has 20 heavy (non-hydrogen) atoms. The highest BCUT2D eigenvalue weighted by Gasteiger charge is 2.48. The topological polar surface area (TPSA) is 36.7 Å². The van der Waals surface area contributed by atoms with Gasteiger partial charge in [0, 0.05) is 5.41 Å². The Hall–Kier alpha value is -1.40. The van der Waals surface area contributed by atoms with Crippen molar-refractivity contribution in [2.45, 2.75) is 50.9 Å². The van der Waals surface area contributed by atoms with Gasteiger partial charge >= 0.3 is 0 Å². The van der Waals surface area contributed by atoms with Crippen molar-refractivity contribution in [3.63, 3.8) is 0 Å².